The van der Waals surface area contributed by atoms with Crippen molar-refractivity contribution >= 4 is 0 Å². The largest absolute Gasteiger partial charge is 0.494 e. The first-order valence-electron chi connectivity index (χ1n) is 4.94. The number of terminal acetylenes is 1. The average molecular weight is 204 g/mol. The van der Waals surface area contributed by atoms with Gasteiger partial charge in [0.15, 0.2) is 0 Å². The van der Waals surface area contributed by atoms with E-state index in [0.29, 0.717) is 13.0 Å². The normalized spacial score (nSPS) is 11.7. The fourth-order valence-electron chi connectivity index (χ4n) is 1.22. The summed E-state index contributed by atoms with van der Waals surface area (Å²) >= 11 is 0. The van der Waals surface area contributed by atoms with Gasteiger partial charge in [-0.15, -0.1) is 12.3 Å². The number of ether oxygens (including phenoxy) is 1. The number of rotatable bonds is 6. The number of benzene rings is 1. The summed E-state index contributed by atoms with van der Waals surface area (Å²) in [6, 6.07) is 9.80. The first-order chi connectivity index (χ1) is 7.36. The second kappa shape index (κ2) is 6.88. The van der Waals surface area contributed by atoms with Gasteiger partial charge in [-0.3, -0.25) is 11.3 Å². The van der Waals surface area contributed by atoms with Crippen LogP contribution in [0, 0.1) is 12.3 Å². The van der Waals surface area contributed by atoms with E-state index in [9.17, 15) is 0 Å². The average Bonchev–Trinajstić information content (AvgIpc) is 2.29. The molecule has 0 amide bonds. The molecule has 3 N–H and O–H groups in total. The van der Waals surface area contributed by atoms with Crippen LogP contribution in [0.3, 0.4) is 0 Å². The third-order valence-electron chi connectivity index (χ3n) is 2.08. The van der Waals surface area contributed by atoms with Crippen LogP contribution in [0.1, 0.15) is 12.8 Å². The summed E-state index contributed by atoms with van der Waals surface area (Å²) in [5, 5.41) is 0. The van der Waals surface area contributed by atoms with Gasteiger partial charge in [0.2, 0.25) is 0 Å². The van der Waals surface area contributed by atoms with Crippen LogP contribution in [0.4, 0.5) is 0 Å². The lowest BCUT2D eigenvalue weighted by Crippen LogP contribution is -2.35. The molecule has 0 fully saturated rings. The highest BCUT2D eigenvalue weighted by molar-refractivity contribution is 5.20. The maximum Gasteiger partial charge on any atom is 0.119 e. The van der Waals surface area contributed by atoms with Crippen molar-refractivity contribution < 1.29 is 4.74 Å². The van der Waals surface area contributed by atoms with Gasteiger partial charge >= 0.3 is 0 Å². The van der Waals surface area contributed by atoms with Crippen molar-refractivity contribution in [2.24, 2.45) is 5.84 Å². The van der Waals surface area contributed by atoms with Crippen LogP contribution >= 0.6 is 0 Å². The summed E-state index contributed by atoms with van der Waals surface area (Å²) in [5.41, 5.74) is 2.67. The minimum Gasteiger partial charge on any atom is -0.494 e. The third-order valence-corrected chi connectivity index (χ3v) is 2.08. The minimum absolute atomic E-state index is 0.124. The summed E-state index contributed by atoms with van der Waals surface area (Å²) in [5.74, 6) is 8.78. The molecule has 1 unspecified atom stereocenters. The highest BCUT2D eigenvalue weighted by Crippen LogP contribution is 2.09. The Hall–Kier alpha value is -1.50. The van der Waals surface area contributed by atoms with E-state index in [-0.39, 0.29) is 6.04 Å². The van der Waals surface area contributed by atoms with Crippen LogP contribution in [-0.4, -0.2) is 12.6 Å². The Kier molecular flexibility index (Phi) is 5.31. The predicted octanol–water partition coefficient (Wildman–Crippen LogP) is 1.31. The molecule has 1 aromatic carbocycles. The van der Waals surface area contributed by atoms with Gasteiger partial charge in [0.25, 0.3) is 0 Å². The zero-order valence-corrected chi connectivity index (χ0v) is 8.65. The SMILES string of the molecule is C#CCC(CCOc1ccccc1)NN. The van der Waals surface area contributed by atoms with Crippen molar-refractivity contribution in [2.45, 2.75) is 18.9 Å². The second-order valence-corrected chi connectivity index (χ2v) is 3.22. The topological polar surface area (TPSA) is 47.3 Å². The molecule has 0 aromatic heterocycles. The summed E-state index contributed by atoms with van der Waals surface area (Å²) in [6.07, 6.45) is 6.62. The van der Waals surface area contributed by atoms with Gasteiger partial charge in [0.05, 0.1) is 6.61 Å². The van der Waals surface area contributed by atoms with E-state index < -0.39 is 0 Å². The first-order valence-corrected chi connectivity index (χ1v) is 4.94. The first kappa shape index (κ1) is 11.6. The standard InChI is InChI=1S/C12H16N2O/c1-2-6-11(14-13)9-10-15-12-7-4-3-5-8-12/h1,3-5,7-8,11,14H,6,9-10,13H2. The Balaban J connectivity index is 2.24. The quantitative estimate of drug-likeness (QED) is 0.417. The zero-order chi connectivity index (χ0) is 10.9. The zero-order valence-electron chi connectivity index (χ0n) is 8.65. The Morgan fingerprint density at radius 1 is 1.40 bits per heavy atom. The van der Waals surface area contributed by atoms with E-state index in [1.165, 1.54) is 0 Å². The maximum atomic E-state index is 5.52. The highest BCUT2D eigenvalue weighted by atomic mass is 16.5. The van der Waals surface area contributed by atoms with Crippen LogP contribution in [0.15, 0.2) is 30.3 Å². The lowest BCUT2D eigenvalue weighted by molar-refractivity contribution is 0.287. The van der Waals surface area contributed by atoms with Crippen LogP contribution in [-0.2, 0) is 0 Å². The number of nitrogens with one attached hydrogen (secondary N) is 1. The van der Waals surface area contributed by atoms with Gasteiger partial charge in [-0.2, -0.15) is 0 Å². The van der Waals surface area contributed by atoms with Gasteiger partial charge in [-0.05, 0) is 18.6 Å². The van der Waals surface area contributed by atoms with Crippen molar-refractivity contribution in [1.82, 2.24) is 5.43 Å². The van der Waals surface area contributed by atoms with E-state index in [2.05, 4.69) is 11.3 Å². The van der Waals surface area contributed by atoms with Crippen molar-refractivity contribution in [1.29, 1.82) is 0 Å². The predicted molar refractivity (Wildman–Crippen MR) is 61.1 cm³/mol. The maximum absolute atomic E-state index is 5.52. The molecule has 3 nitrogen and oxygen atoms in total. The molecule has 0 spiro atoms. The number of hydrogen-bond donors (Lipinski definition) is 2. The molecule has 1 rings (SSSR count). The summed E-state index contributed by atoms with van der Waals surface area (Å²) in [6.45, 7) is 0.612. The minimum atomic E-state index is 0.124. The van der Waals surface area contributed by atoms with E-state index in [1.807, 2.05) is 30.3 Å². The summed E-state index contributed by atoms with van der Waals surface area (Å²) in [7, 11) is 0. The molecule has 0 saturated heterocycles. The molecule has 0 aliphatic heterocycles. The van der Waals surface area contributed by atoms with Gasteiger partial charge in [-0.1, -0.05) is 18.2 Å². The molecule has 80 valence electrons. The van der Waals surface area contributed by atoms with Crippen molar-refractivity contribution in [3.63, 3.8) is 0 Å². The summed E-state index contributed by atoms with van der Waals surface area (Å²) < 4.78 is 5.52. The Bertz CT molecular complexity index is 305. The molecule has 3 heteroatoms. The highest BCUT2D eigenvalue weighted by Gasteiger charge is 2.04. The van der Waals surface area contributed by atoms with Crippen LogP contribution < -0.4 is 16.0 Å². The summed E-state index contributed by atoms with van der Waals surface area (Å²) in [4.78, 5) is 0. The molecule has 0 aliphatic carbocycles. The molecule has 1 atom stereocenters. The molecule has 0 bridgehead atoms. The van der Waals surface area contributed by atoms with Crippen LogP contribution in [0.5, 0.6) is 5.75 Å². The molecule has 1 aromatic rings. The Labute approximate surface area is 90.6 Å². The van der Waals surface area contributed by atoms with Gasteiger partial charge in [0.1, 0.15) is 5.75 Å². The lowest BCUT2D eigenvalue weighted by atomic mass is 10.1. The number of para-hydroxylation sites is 1. The van der Waals surface area contributed by atoms with Crippen molar-refractivity contribution in [3.05, 3.63) is 30.3 Å². The van der Waals surface area contributed by atoms with Gasteiger partial charge < -0.3 is 4.74 Å². The smallest absolute Gasteiger partial charge is 0.119 e. The Morgan fingerprint density at radius 3 is 2.73 bits per heavy atom. The molecule has 0 radical (unpaired) electrons. The molecule has 0 saturated carbocycles. The fourth-order valence-corrected chi connectivity index (χ4v) is 1.22. The molecule has 0 heterocycles. The van der Waals surface area contributed by atoms with E-state index in [1.54, 1.807) is 0 Å². The van der Waals surface area contributed by atoms with E-state index >= 15 is 0 Å². The number of hydrogen-bond acceptors (Lipinski definition) is 3. The van der Waals surface area contributed by atoms with Crippen molar-refractivity contribution in [2.75, 3.05) is 6.61 Å². The van der Waals surface area contributed by atoms with Crippen molar-refractivity contribution in [3.8, 4) is 18.1 Å². The van der Waals surface area contributed by atoms with E-state index in [4.69, 9.17) is 17.0 Å². The van der Waals surface area contributed by atoms with Crippen LogP contribution in [0.2, 0.25) is 0 Å². The lowest BCUT2D eigenvalue weighted by Gasteiger charge is -2.13. The van der Waals surface area contributed by atoms with E-state index in [0.717, 1.165) is 12.2 Å². The number of nitrogens with two attached hydrogens (primary N) is 1. The third kappa shape index (κ3) is 4.50. The number of hydrazine groups is 1. The van der Waals surface area contributed by atoms with Crippen LogP contribution in [0.25, 0.3) is 0 Å². The van der Waals surface area contributed by atoms with Gasteiger partial charge in [-0.25, -0.2) is 0 Å². The molecule has 0 aliphatic rings. The van der Waals surface area contributed by atoms with Gasteiger partial charge in [0, 0.05) is 12.5 Å². The fraction of sp³-hybridized carbons (Fsp3) is 0.333. The molecule has 15 heavy (non-hydrogen) atoms. The molecular weight excluding hydrogens is 188 g/mol. The molecular formula is C12H16N2O. The Morgan fingerprint density at radius 2 is 2.13 bits per heavy atom. The second-order valence-electron chi connectivity index (χ2n) is 3.22. The monoisotopic (exact) mass is 204 g/mol.